The van der Waals surface area contributed by atoms with Crippen LogP contribution in [0, 0.1) is 6.92 Å². The minimum atomic E-state index is -2.21. The third-order valence-electron chi connectivity index (χ3n) is 2.95. The van der Waals surface area contributed by atoms with E-state index in [1.165, 1.54) is 5.56 Å². The van der Waals surface area contributed by atoms with Gasteiger partial charge in [0.2, 0.25) is 0 Å². The third kappa shape index (κ3) is 4.93. The monoisotopic (exact) mass is 390 g/mol. The summed E-state index contributed by atoms with van der Waals surface area (Å²) >= 11 is -2.21. The molecule has 2 aromatic carbocycles. The first-order valence-electron chi connectivity index (χ1n) is 6.53. The van der Waals surface area contributed by atoms with Crippen molar-refractivity contribution < 1.29 is 17.4 Å². The zero-order valence-corrected chi connectivity index (χ0v) is 16.8. The van der Waals surface area contributed by atoms with E-state index < -0.39 is 13.0 Å². The molecule has 0 bridgehead atoms. The molecule has 0 fully saturated rings. The van der Waals surface area contributed by atoms with Gasteiger partial charge in [0.15, 0.2) is 0 Å². The SMILES string of the molecule is Cc1[o+]c2ccccc2cc1-c1ccccc1.[Cl][Zn-]([Cl])[Cl]. The molecule has 0 aliphatic rings. The Bertz CT molecular complexity index is 714. The number of aryl methyl sites for hydroxylation is 1. The molecule has 1 heterocycles. The van der Waals surface area contributed by atoms with Crippen molar-refractivity contribution in [2.75, 3.05) is 0 Å². The van der Waals surface area contributed by atoms with Crippen molar-refractivity contribution in [2.45, 2.75) is 6.92 Å². The van der Waals surface area contributed by atoms with Gasteiger partial charge in [0, 0.05) is 6.07 Å². The van der Waals surface area contributed by atoms with Crippen molar-refractivity contribution in [3.8, 4) is 11.1 Å². The normalized spacial score (nSPS) is 9.90. The van der Waals surface area contributed by atoms with Crippen molar-refractivity contribution in [1.29, 1.82) is 0 Å². The van der Waals surface area contributed by atoms with Crippen LogP contribution in [0.15, 0.2) is 65.1 Å². The van der Waals surface area contributed by atoms with Crippen molar-refractivity contribution in [1.82, 2.24) is 0 Å². The maximum absolute atomic E-state index is 5.85. The van der Waals surface area contributed by atoms with E-state index >= 15 is 0 Å². The molecule has 1 aromatic heterocycles. The zero-order valence-electron chi connectivity index (χ0n) is 11.5. The topological polar surface area (TPSA) is 11.3 Å². The standard InChI is InChI=1S/C16H13O.3ClH.Zn/c1-12-15(13-7-3-2-4-8-13)11-14-9-5-6-10-16(14)17-12;;;;/h2-11H,1H3;3*1H;/q+1;;;;+2/p-3. The first-order chi connectivity index (χ1) is 10.1. The van der Waals surface area contributed by atoms with Crippen LogP contribution in [0.4, 0.5) is 0 Å². The van der Waals surface area contributed by atoms with Gasteiger partial charge in [-0.05, 0) is 17.7 Å². The van der Waals surface area contributed by atoms with Crippen LogP contribution in [-0.4, -0.2) is 0 Å². The quantitative estimate of drug-likeness (QED) is 0.329. The van der Waals surface area contributed by atoms with E-state index in [0.29, 0.717) is 0 Å². The molecule has 0 amide bonds. The summed E-state index contributed by atoms with van der Waals surface area (Å²) in [6.45, 7) is 2.01. The molecule has 0 saturated heterocycles. The fourth-order valence-corrected chi connectivity index (χ4v) is 2.07. The molecule has 106 valence electrons. The van der Waals surface area contributed by atoms with E-state index in [2.05, 4.69) is 24.3 Å². The fraction of sp³-hybridized carbons (Fsp3) is 0.0625. The molecule has 0 atom stereocenters. The Morgan fingerprint density at radius 2 is 1.43 bits per heavy atom. The molecule has 1 nitrogen and oxygen atoms in total. The molecule has 0 saturated carbocycles. The van der Waals surface area contributed by atoms with E-state index in [1.54, 1.807) is 0 Å². The van der Waals surface area contributed by atoms with Gasteiger partial charge in [0.05, 0.1) is 17.9 Å². The van der Waals surface area contributed by atoms with Gasteiger partial charge in [0.1, 0.15) is 0 Å². The second-order valence-electron chi connectivity index (χ2n) is 4.42. The van der Waals surface area contributed by atoms with Gasteiger partial charge >= 0.3 is 53.4 Å². The Morgan fingerprint density at radius 3 is 2.10 bits per heavy atom. The van der Waals surface area contributed by atoms with Crippen LogP contribution < -0.4 is 0 Å². The van der Waals surface area contributed by atoms with Gasteiger partial charge in [-0.3, -0.25) is 0 Å². The van der Waals surface area contributed by atoms with Crippen LogP contribution in [0.1, 0.15) is 5.76 Å². The van der Waals surface area contributed by atoms with E-state index in [9.17, 15) is 0 Å². The Hall–Kier alpha value is -0.657. The summed E-state index contributed by atoms with van der Waals surface area (Å²) in [5.74, 6) is 0.954. The van der Waals surface area contributed by atoms with Crippen molar-refractivity contribution in [3.05, 3.63) is 66.4 Å². The van der Waals surface area contributed by atoms with Crippen LogP contribution in [0.25, 0.3) is 22.1 Å². The molecule has 0 aliphatic carbocycles. The Labute approximate surface area is 141 Å². The van der Waals surface area contributed by atoms with Gasteiger partial charge in [0.25, 0.3) is 0 Å². The van der Waals surface area contributed by atoms with Gasteiger partial charge in [-0.1, -0.05) is 42.5 Å². The van der Waals surface area contributed by atoms with Crippen molar-refractivity contribution in [3.63, 3.8) is 0 Å². The zero-order chi connectivity index (χ0) is 15.2. The maximum atomic E-state index is 5.85. The number of benzene rings is 2. The molecule has 5 heteroatoms. The second-order valence-corrected chi connectivity index (χ2v) is 18.3. The van der Waals surface area contributed by atoms with E-state index in [1.807, 2.05) is 43.3 Å². The van der Waals surface area contributed by atoms with E-state index in [0.717, 1.165) is 22.3 Å². The Balaban J connectivity index is 0.000000361. The first kappa shape index (κ1) is 16.7. The molecule has 3 rings (SSSR count). The fourth-order valence-electron chi connectivity index (χ4n) is 2.07. The molecular formula is C16H13Cl3OZn. The van der Waals surface area contributed by atoms with Crippen LogP contribution in [0.2, 0.25) is 0 Å². The summed E-state index contributed by atoms with van der Waals surface area (Å²) in [5.41, 5.74) is 3.29. The van der Waals surface area contributed by atoms with E-state index in [-0.39, 0.29) is 0 Å². The minimum absolute atomic E-state index is 0.935. The molecule has 21 heavy (non-hydrogen) atoms. The molecule has 0 aliphatic heterocycles. The third-order valence-corrected chi connectivity index (χ3v) is 2.95. The number of fused-ring (bicyclic) bond motifs is 1. The first-order valence-corrected chi connectivity index (χ1v) is 18.2. The van der Waals surface area contributed by atoms with Crippen LogP contribution in [0.5, 0.6) is 0 Å². The Kier molecular flexibility index (Phi) is 6.45. The summed E-state index contributed by atoms with van der Waals surface area (Å²) in [5, 5.41) is 1.14. The Morgan fingerprint density at radius 1 is 0.857 bits per heavy atom. The average Bonchev–Trinajstić information content (AvgIpc) is 2.47. The van der Waals surface area contributed by atoms with Crippen molar-refractivity contribution in [2.24, 2.45) is 0 Å². The van der Waals surface area contributed by atoms with Gasteiger partial charge < -0.3 is 0 Å². The molecule has 3 aromatic rings. The van der Waals surface area contributed by atoms with Crippen LogP contribution in [-0.2, 0) is 13.0 Å². The number of rotatable bonds is 1. The van der Waals surface area contributed by atoms with Gasteiger partial charge in [-0.15, -0.1) is 0 Å². The molecular weight excluding hydrogens is 380 g/mol. The van der Waals surface area contributed by atoms with Crippen molar-refractivity contribution >= 4 is 40.0 Å². The summed E-state index contributed by atoms with van der Waals surface area (Å²) in [7, 11) is 15.0. The summed E-state index contributed by atoms with van der Waals surface area (Å²) in [6.07, 6.45) is 0. The summed E-state index contributed by atoms with van der Waals surface area (Å²) in [4.78, 5) is 0. The van der Waals surface area contributed by atoms with E-state index in [4.69, 9.17) is 33.5 Å². The number of para-hydroxylation sites is 1. The molecule has 0 N–H and O–H groups in total. The predicted octanol–water partition coefficient (Wildman–Crippen LogP) is 6.76. The number of halogens is 3. The number of hydrogen-bond acceptors (Lipinski definition) is 0. The predicted molar refractivity (Wildman–Crippen MR) is 88.4 cm³/mol. The van der Waals surface area contributed by atoms with Crippen LogP contribution >= 0.6 is 29.1 Å². The molecule has 0 spiro atoms. The second kappa shape index (κ2) is 8.10. The van der Waals surface area contributed by atoms with Crippen LogP contribution in [0.3, 0.4) is 0 Å². The van der Waals surface area contributed by atoms with Gasteiger partial charge in [-0.25, -0.2) is 4.42 Å². The average molecular weight is 393 g/mol. The van der Waals surface area contributed by atoms with Gasteiger partial charge in [-0.2, -0.15) is 0 Å². The number of hydrogen-bond donors (Lipinski definition) is 0. The molecule has 0 radical (unpaired) electrons. The molecule has 0 unspecified atom stereocenters. The summed E-state index contributed by atoms with van der Waals surface area (Å²) in [6, 6.07) is 20.6. The summed E-state index contributed by atoms with van der Waals surface area (Å²) < 4.78 is 5.85.